The van der Waals surface area contributed by atoms with Crippen LogP contribution in [-0.4, -0.2) is 17.1 Å². The molecule has 0 amide bonds. The summed E-state index contributed by atoms with van der Waals surface area (Å²) in [7, 11) is 1.63. The highest BCUT2D eigenvalue weighted by molar-refractivity contribution is 7.22. The number of benzene rings is 1. The Morgan fingerprint density at radius 1 is 1.21 bits per heavy atom. The van der Waals surface area contributed by atoms with E-state index >= 15 is 0 Å². The number of para-hydroxylation sites is 1. The second-order valence-electron chi connectivity index (χ2n) is 4.01. The maximum Gasteiger partial charge on any atom is 0.218 e. The van der Waals surface area contributed by atoms with Gasteiger partial charge in [-0.2, -0.15) is 0 Å². The van der Waals surface area contributed by atoms with E-state index in [-0.39, 0.29) is 0 Å². The summed E-state index contributed by atoms with van der Waals surface area (Å²) in [6.45, 7) is 0.650. The molecule has 3 aromatic rings. The highest BCUT2D eigenvalue weighted by Gasteiger charge is 2.05. The van der Waals surface area contributed by atoms with Gasteiger partial charge in [-0.15, -0.1) is 0 Å². The molecule has 96 valence electrons. The molecule has 0 unspecified atom stereocenters. The first-order valence-electron chi connectivity index (χ1n) is 5.94. The molecule has 0 fully saturated rings. The summed E-state index contributed by atoms with van der Waals surface area (Å²) in [6.07, 6.45) is 1.72. The van der Waals surface area contributed by atoms with Crippen LogP contribution < -0.4 is 10.1 Å². The van der Waals surface area contributed by atoms with Gasteiger partial charge in [-0.05, 0) is 18.2 Å². The van der Waals surface area contributed by atoms with Crippen molar-refractivity contribution in [2.24, 2.45) is 0 Å². The van der Waals surface area contributed by atoms with Crippen molar-refractivity contribution >= 4 is 26.7 Å². The van der Waals surface area contributed by atoms with E-state index in [0.29, 0.717) is 12.4 Å². The van der Waals surface area contributed by atoms with E-state index in [1.807, 2.05) is 30.3 Å². The maximum atomic E-state index is 5.22. The molecule has 3 rings (SSSR count). The van der Waals surface area contributed by atoms with Crippen molar-refractivity contribution < 1.29 is 4.74 Å². The number of nitrogens with zero attached hydrogens (tertiary/aromatic N) is 2. The van der Waals surface area contributed by atoms with Crippen LogP contribution in [0.1, 0.15) is 5.56 Å². The third-order valence-corrected chi connectivity index (χ3v) is 3.76. The molecule has 0 aliphatic carbocycles. The summed E-state index contributed by atoms with van der Waals surface area (Å²) in [4.78, 5) is 8.70. The van der Waals surface area contributed by atoms with Gasteiger partial charge >= 0.3 is 0 Å². The van der Waals surface area contributed by atoms with Crippen LogP contribution >= 0.6 is 11.3 Å². The van der Waals surface area contributed by atoms with E-state index in [0.717, 1.165) is 16.2 Å². The first kappa shape index (κ1) is 11.9. The average Bonchev–Trinajstić information content (AvgIpc) is 2.88. The summed E-state index contributed by atoms with van der Waals surface area (Å²) < 4.78 is 6.41. The first-order chi connectivity index (χ1) is 9.36. The van der Waals surface area contributed by atoms with Crippen molar-refractivity contribution in [3.63, 3.8) is 0 Å². The molecule has 0 saturated carbocycles. The molecule has 0 atom stereocenters. The smallest absolute Gasteiger partial charge is 0.218 e. The van der Waals surface area contributed by atoms with Gasteiger partial charge in [-0.1, -0.05) is 29.5 Å². The van der Waals surface area contributed by atoms with Gasteiger partial charge in [0.05, 0.1) is 17.3 Å². The number of methoxy groups -OCH3 is 1. The van der Waals surface area contributed by atoms with E-state index in [4.69, 9.17) is 4.74 Å². The minimum absolute atomic E-state index is 0.649. The molecule has 0 radical (unpaired) electrons. The number of nitrogens with one attached hydrogen (secondary N) is 1. The summed E-state index contributed by atoms with van der Waals surface area (Å²) in [6, 6.07) is 12.0. The molecule has 2 aromatic heterocycles. The third kappa shape index (κ3) is 2.51. The zero-order chi connectivity index (χ0) is 13.1. The van der Waals surface area contributed by atoms with Crippen molar-refractivity contribution in [1.82, 2.24) is 9.97 Å². The molecule has 2 heterocycles. The molecule has 4 nitrogen and oxygen atoms in total. The second-order valence-corrected chi connectivity index (χ2v) is 5.04. The number of ether oxygens (including phenoxy) is 1. The van der Waals surface area contributed by atoms with Gasteiger partial charge in [0.1, 0.15) is 0 Å². The first-order valence-corrected chi connectivity index (χ1v) is 6.76. The second kappa shape index (κ2) is 5.24. The lowest BCUT2D eigenvalue weighted by Gasteiger charge is -2.06. The molecule has 0 aliphatic rings. The van der Waals surface area contributed by atoms with Crippen LogP contribution in [0, 0.1) is 0 Å². The van der Waals surface area contributed by atoms with Gasteiger partial charge in [0, 0.05) is 18.3 Å². The van der Waals surface area contributed by atoms with Crippen LogP contribution in [0.4, 0.5) is 5.13 Å². The molecule has 1 aromatic carbocycles. The van der Waals surface area contributed by atoms with Gasteiger partial charge in [-0.25, -0.2) is 9.97 Å². The van der Waals surface area contributed by atoms with Gasteiger partial charge in [0.2, 0.25) is 5.88 Å². The number of hydrogen-bond acceptors (Lipinski definition) is 5. The molecule has 0 bridgehead atoms. The Balaban J connectivity index is 1.78. The summed E-state index contributed by atoms with van der Waals surface area (Å²) in [5.74, 6) is 0.649. The minimum atomic E-state index is 0.649. The number of pyridine rings is 1. The normalized spacial score (nSPS) is 10.6. The summed E-state index contributed by atoms with van der Waals surface area (Å²) in [5, 5.41) is 4.22. The Hall–Kier alpha value is -2.14. The van der Waals surface area contributed by atoms with Gasteiger partial charge in [0.25, 0.3) is 0 Å². The van der Waals surface area contributed by atoms with Crippen LogP contribution in [0.3, 0.4) is 0 Å². The Bertz CT molecular complexity index is 663. The minimum Gasteiger partial charge on any atom is -0.481 e. The largest absolute Gasteiger partial charge is 0.481 e. The summed E-state index contributed by atoms with van der Waals surface area (Å²) >= 11 is 1.65. The Morgan fingerprint density at radius 3 is 2.95 bits per heavy atom. The monoisotopic (exact) mass is 271 g/mol. The quantitative estimate of drug-likeness (QED) is 0.790. The van der Waals surface area contributed by atoms with Crippen LogP contribution in [0.2, 0.25) is 0 Å². The van der Waals surface area contributed by atoms with Gasteiger partial charge < -0.3 is 10.1 Å². The number of fused-ring (bicyclic) bond motifs is 1. The van der Waals surface area contributed by atoms with Crippen LogP contribution in [0.25, 0.3) is 10.2 Å². The number of anilines is 1. The molecule has 1 N–H and O–H groups in total. The number of rotatable bonds is 4. The van der Waals surface area contributed by atoms with E-state index < -0.39 is 0 Å². The Kier molecular flexibility index (Phi) is 3.29. The fourth-order valence-electron chi connectivity index (χ4n) is 1.86. The molecule has 0 aliphatic heterocycles. The van der Waals surface area contributed by atoms with Gasteiger partial charge in [0.15, 0.2) is 5.13 Å². The standard InChI is InChI=1S/C14H13N3OS/c1-18-13-10(5-4-8-15-13)9-16-14-17-11-6-2-3-7-12(11)19-14/h2-8H,9H2,1H3,(H,16,17). The van der Waals surface area contributed by atoms with E-state index in [9.17, 15) is 0 Å². The topological polar surface area (TPSA) is 47.0 Å². The number of hydrogen-bond donors (Lipinski definition) is 1. The number of thiazole rings is 1. The van der Waals surface area contributed by atoms with Crippen molar-refractivity contribution in [3.05, 3.63) is 48.2 Å². The van der Waals surface area contributed by atoms with Crippen molar-refractivity contribution in [1.29, 1.82) is 0 Å². The predicted octanol–water partition coefficient (Wildman–Crippen LogP) is 3.31. The lowest BCUT2D eigenvalue weighted by molar-refractivity contribution is 0.393. The van der Waals surface area contributed by atoms with Crippen molar-refractivity contribution in [3.8, 4) is 5.88 Å². The van der Waals surface area contributed by atoms with Crippen molar-refractivity contribution in [2.45, 2.75) is 6.54 Å². The van der Waals surface area contributed by atoms with E-state index in [2.05, 4.69) is 21.4 Å². The van der Waals surface area contributed by atoms with Crippen LogP contribution in [0.5, 0.6) is 5.88 Å². The Morgan fingerprint density at radius 2 is 2.11 bits per heavy atom. The predicted molar refractivity (Wildman–Crippen MR) is 77.7 cm³/mol. The Labute approximate surface area is 115 Å². The van der Waals surface area contributed by atoms with Crippen LogP contribution in [-0.2, 0) is 6.54 Å². The van der Waals surface area contributed by atoms with Crippen molar-refractivity contribution in [2.75, 3.05) is 12.4 Å². The molecular weight excluding hydrogens is 258 g/mol. The molecule has 0 saturated heterocycles. The SMILES string of the molecule is COc1ncccc1CNc1nc2ccccc2s1. The number of aromatic nitrogens is 2. The van der Waals surface area contributed by atoms with Crippen LogP contribution in [0.15, 0.2) is 42.6 Å². The fraction of sp³-hybridized carbons (Fsp3) is 0.143. The lowest BCUT2D eigenvalue weighted by atomic mass is 10.3. The highest BCUT2D eigenvalue weighted by Crippen LogP contribution is 2.26. The average molecular weight is 271 g/mol. The molecule has 0 spiro atoms. The lowest BCUT2D eigenvalue weighted by Crippen LogP contribution is -2.02. The van der Waals surface area contributed by atoms with E-state index in [1.165, 1.54) is 4.70 Å². The molecule has 19 heavy (non-hydrogen) atoms. The summed E-state index contributed by atoms with van der Waals surface area (Å²) in [5.41, 5.74) is 2.04. The van der Waals surface area contributed by atoms with E-state index in [1.54, 1.807) is 24.6 Å². The zero-order valence-electron chi connectivity index (χ0n) is 10.5. The zero-order valence-corrected chi connectivity index (χ0v) is 11.3. The maximum absolute atomic E-state index is 5.22. The molecular formula is C14H13N3OS. The third-order valence-electron chi connectivity index (χ3n) is 2.77. The highest BCUT2D eigenvalue weighted by atomic mass is 32.1. The fourth-order valence-corrected chi connectivity index (χ4v) is 2.72. The van der Waals surface area contributed by atoms with Gasteiger partial charge in [-0.3, -0.25) is 0 Å². The molecule has 5 heteroatoms.